The van der Waals surface area contributed by atoms with Crippen molar-refractivity contribution < 1.29 is 18.4 Å². The highest BCUT2D eigenvalue weighted by atomic mass is 35.5. The first-order chi connectivity index (χ1) is 8.66. The predicted octanol–water partition coefficient (Wildman–Crippen LogP) is 2.49. The zero-order valence-corrected chi connectivity index (χ0v) is 9.83. The Balaban J connectivity index is 2.18. The third kappa shape index (κ3) is 1.65. The van der Waals surface area contributed by atoms with Gasteiger partial charge in [-0.3, -0.25) is 0 Å². The SMILES string of the molecule is Nc1cc(-c2cc3c(c(Cl)c2F)OCCO3)on1. The van der Waals surface area contributed by atoms with Gasteiger partial charge in [0.05, 0.1) is 5.56 Å². The summed E-state index contributed by atoms with van der Waals surface area (Å²) in [5.41, 5.74) is 5.56. The predicted molar refractivity (Wildman–Crippen MR) is 62.3 cm³/mol. The Morgan fingerprint density at radius 1 is 1.28 bits per heavy atom. The molecule has 3 rings (SSSR count). The molecule has 1 aliphatic rings. The minimum absolute atomic E-state index is 0.133. The molecule has 2 N–H and O–H groups in total. The molecule has 0 amide bonds. The zero-order valence-electron chi connectivity index (χ0n) is 9.07. The number of rotatable bonds is 1. The number of hydrogen-bond donors (Lipinski definition) is 1. The van der Waals surface area contributed by atoms with Crippen LogP contribution in [0.4, 0.5) is 10.2 Å². The number of halogens is 2. The number of nitrogen functional groups attached to an aromatic ring is 1. The average Bonchev–Trinajstić information content (AvgIpc) is 2.80. The van der Waals surface area contributed by atoms with Crippen LogP contribution in [-0.2, 0) is 0 Å². The van der Waals surface area contributed by atoms with Crippen LogP contribution >= 0.6 is 11.6 Å². The number of nitrogens with zero attached hydrogens (tertiary/aromatic N) is 1. The Kier molecular flexibility index (Phi) is 2.52. The lowest BCUT2D eigenvalue weighted by molar-refractivity contribution is 0.171. The number of anilines is 1. The van der Waals surface area contributed by atoms with Crippen LogP contribution in [0.1, 0.15) is 0 Å². The first-order valence-corrected chi connectivity index (χ1v) is 5.55. The fourth-order valence-corrected chi connectivity index (χ4v) is 1.97. The highest BCUT2D eigenvalue weighted by molar-refractivity contribution is 6.32. The fraction of sp³-hybridized carbons (Fsp3) is 0.182. The van der Waals surface area contributed by atoms with Crippen LogP contribution < -0.4 is 15.2 Å². The summed E-state index contributed by atoms with van der Waals surface area (Å²) in [6.45, 7) is 0.716. The summed E-state index contributed by atoms with van der Waals surface area (Å²) in [7, 11) is 0. The van der Waals surface area contributed by atoms with Crippen LogP contribution in [0, 0.1) is 5.82 Å². The molecule has 7 heteroatoms. The van der Waals surface area contributed by atoms with Crippen LogP contribution in [0.25, 0.3) is 11.3 Å². The maximum Gasteiger partial charge on any atom is 0.182 e. The van der Waals surface area contributed by atoms with E-state index in [1.165, 1.54) is 12.1 Å². The summed E-state index contributed by atoms with van der Waals surface area (Å²) in [5.74, 6) is 0.269. The van der Waals surface area contributed by atoms with E-state index in [1.807, 2.05) is 0 Å². The van der Waals surface area contributed by atoms with Crippen molar-refractivity contribution in [2.45, 2.75) is 0 Å². The van der Waals surface area contributed by atoms with Gasteiger partial charge in [0.2, 0.25) is 0 Å². The summed E-state index contributed by atoms with van der Waals surface area (Å²) < 4.78 is 29.6. The molecule has 94 valence electrons. The molecule has 0 saturated carbocycles. The molecule has 5 nitrogen and oxygen atoms in total. The van der Waals surface area contributed by atoms with E-state index in [4.69, 9.17) is 31.3 Å². The number of aromatic nitrogens is 1. The number of hydrogen-bond acceptors (Lipinski definition) is 5. The fourth-order valence-electron chi connectivity index (χ4n) is 1.72. The van der Waals surface area contributed by atoms with Crippen molar-refractivity contribution in [2.24, 2.45) is 0 Å². The van der Waals surface area contributed by atoms with E-state index in [-0.39, 0.29) is 27.9 Å². The van der Waals surface area contributed by atoms with Crippen LogP contribution in [0.3, 0.4) is 0 Å². The van der Waals surface area contributed by atoms with Crippen molar-refractivity contribution in [3.63, 3.8) is 0 Å². The van der Waals surface area contributed by atoms with Crippen molar-refractivity contribution in [2.75, 3.05) is 18.9 Å². The molecule has 18 heavy (non-hydrogen) atoms. The summed E-state index contributed by atoms with van der Waals surface area (Å²) in [6.07, 6.45) is 0. The van der Waals surface area contributed by atoms with E-state index in [0.717, 1.165) is 0 Å². The molecule has 1 aliphatic heterocycles. The highest BCUT2D eigenvalue weighted by Gasteiger charge is 2.24. The summed E-state index contributed by atoms with van der Waals surface area (Å²) in [4.78, 5) is 0. The molecular weight excluding hydrogens is 263 g/mol. The number of benzene rings is 1. The van der Waals surface area contributed by atoms with E-state index < -0.39 is 5.82 Å². The Hall–Kier alpha value is -1.95. The normalized spacial score (nSPS) is 13.7. The van der Waals surface area contributed by atoms with Gasteiger partial charge in [-0.1, -0.05) is 16.8 Å². The zero-order chi connectivity index (χ0) is 12.7. The molecule has 2 heterocycles. The van der Waals surface area contributed by atoms with Crippen molar-refractivity contribution >= 4 is 17.4 Å². The van der Waals surface area contributed by atoms with Crippen LogP contribution in [0.2, 0.25) is 5.02 Å². The first kappa shape index (κ1) is 11.2. The molecule has 0 aliphatic carbocycles. The van der Waals surface area contributed by atoms with E-state index in [1.54, 1.807) is 0 Å². The molecule has 0 atom stereocenters. The highest BCUT2D eigenvalue weighted by Crippen LogP contribution is 2.43. The van der Waals surface area contributed by atoms with E-state index in [9.17, 15) is 4.39 Å². The van der Waals surface area contributed by atoms with Gasteiger partial charge in [-0.05, 0) is 6.07 Å². The van der Waals surface area contributed by atoms with Gasteiger partial charge < -0.3 is 19.7 Å². The number of nitrogens with two attached hydrogens (primary N) is 1. The summed E-state index contributed by atoms with van der Waals surface area (Å²) in [5, 5.41) is 3.36. The largest absolute Gasteiger partial charge is 0.486 e. The summed E-state index contributed by atoms with van der Waals surface area (Å²) >= 11 is 5.90. The van der Waals surface area contributed by atoms with Crippen LogP contribution in [0.15, 0.2) is 16.7 Å². The van der Waals surface area contributed by atoms with Gasteiger partial charge in [-0.15, -0.1) is 0 Å². The second-order valence-corrected chi connectivity index (χ2v) is 4.07. The molecule has 0 bridgehead atoms. The van der Waals surface area contributed by atoms with Crippen molar-refractivity contribution in [1.82, 2.24) is 5.16 Å². The maximum atomic E-state index is 14.1. The lowest BCUT2D eigenvalue weighted by Gasteiger charge is -2.20. The minimum Gasteiger partial charge on any atom is -0.486 e. The van der Waals surface area contributed by atoms with Gasteiger partial charge in [0.1, 0.15) is 18.2 Å². The Labute approximate surface area is 106 Å². The Bertz CT molecular complexity index is 615. The van der Waals surface area contributed by atoms with Crippen molar-refractivity contribution in [3.05, 3.63) is 23.0 Å². The molecule has 0 saturated heterocycles. The van der Waals surface area contributed by atoms with E-state index >= 15 is 0 Å². The molecule has 2 aromatic rings. The van der Waals surface area contributed by atoms with Gasteiger partial charge >= 0.3 is 0 Å². The topological polar surface area (TPSA) is 70.5 Å². The quantitative estimate of drug-likeness (QED) is 0.862. The average molecular weight is 271 g/mol. The molecule has 1 aromatic carbocycles. The molecule has 0 spiro atoms. The van der Waals surface area contributed by atoms with Crippen LogP contribution in [0.5, 0.6) is 11.5 Å². The van der Waals surface area contributed by atoms with E-state index in [2.05, 4.69) is 5.16 Å². The van der Waals surface area contributed by atoms with Crippen molar-refractivity contribution in [1.29, 1.82) is 0 Å². The minimum atomic E-state index is -0.655. The Morgan fingerprint density at radius 2 is 2.06 bits per heavy atom. The number of ether oxygens (including phenoxy) is 2. The summed E-state index contributed by atoms with van der Waals surface area (Å²) in [6, 6.07) is 2.86. The molecule has 0 radical (unpaired) electrons. The Morgan fingerprint density at radius 3 is 2.78 bits per heavy atom. The van der Waals surface area contributed by atoms with Gasteiger partial charge in [0, 0.05) is 6.07 Å². The van der Waals surface area contributed by atoms with Gasteiger partial charge in [0.15, 0.2) is 28.9 Å². The maximum absolute atomic E-state index is 14.1. The second kappa shape index (κ2) is 4.06. The van der Waals surface area contributed by atoms with Gasteiger partial charge in [-0.25, -0.2) is 4.39 Å². The lowest BCUT2D eigenvalue weighted by Crippen LogP contribution is -2.16. The third-order valence-electron chi connectivity index (χ3n) is 2.51. The van der Waals surface area contributed by atoms with Gasteiger partial charge in [0.25, 0.3) is 0 Å². The molecular formula is C11H8ClFN2O3. The van der Waals surface area contributed by atoms with Gasteiger partial charge in [-0.2, -0.15) is 0 Å². The standard InChI is InChI=1S/C11H8ClFN2O3/c12-9-10(13)5(6-4-8(14)15-18-6)3-7-11(9)17-2-1-16-7/h3-4H,1-2H2,(H2,14,15). The number of fused-ring (bicyclic) bond motifs is 1. The molecule has 1 aromatic heterocycles. The van der Waals surface area contributed by atoms with E-state index in [0.29, 0.717) is 19.0 Å². The first-order valence-electron chi connectivity index (χ1n) is 5.17. The lowest BCUT2D eigenvalue weighted by atomic mass is 10.1. The van der Waals surface area contributed by atoms with Crippen LogP contribution in [-0.4, -0.2) is 18.4 Å². The third-order valence-corrected chi connectivity index (χ3v) is 2.85. The molecule has 0 unspecified atom stereocenters. The molecule has 0 fully saturated rings. The van der Waals surface area contributed by atoms with Crippen molar-refractivity contribution in [3.8, 4) is 22.8 Å². The smallest absolute Gasteiger partial charge is 0.182 e. The monoisotopic (exact) mass is 270 g/mol. The second-order valence-electron chi connectivity index (χ2n) is 3.69.